The Morgan fingerprint density at radius 2 is 1.55 bits per heavy atom. The summed E-state index contributed by atoms with van der Waals surface area (Å²) in [7, 11) is -3.88. The molecule has 0 saturated heterocycles. The molecule has 0 aliphatic heterocycles. The summed E-state index contributed by atoms with van der Waals surface area (Å²) < 4.78 is 38.1. The molecule has 0 bridgehead atoms. The van der Waals surface area contributed by atoms with Crippen LogP contribution < -0.4 is 0 Å². The first-order valence-corrected chi connectivity index (χ1v) is 7.75. The van der Waals surface area contributed by atoms with Crippen LogP contribution in [-0.2, 0) is 28.8 Å². The lowest BCUT2D eigenvalue weighted by Gasteiger charge is -2.06. The van der Waals surface area contributed by atoms with E-state index in [1.807, 2.05) is 13.8 Å². The highest BCUT2D eigenvalue weighted by atomic mass is 32.2. The molecule has 0 unspecified atom stereocenters. The zero-order valence-corrected chi connectivity index (χ0v) is 12.5. The molecule has 7 heteroatoms. The average Bonchev–Trinajstić information content (AvgIpc) is 2.42. The third kappa shape index (κ3) is 6.44. The molecule has 0 N–H and O–H groups in total. The van der Waals surface area contributed by atoms with Gasteiger partial charge in [0.15, 0.2) is 0 Å². The predicted molar refractivity (Wildman–Crippen MR) is 72.7 cm³/mol. The molecule has 1 aromatic carbocycles. The topological polar surface area (TPSA) is 71.1 Å². The van der Waals surface area contributed by atoms with Crippen molar-refractivity contribution in [3.8, 4) is 0 Å². The number of rotatable bonds is 10. The van der Waals surface area contributed by atoms with E-state index in [9.17, 15) is 8.42 Å². The Labute approximate surface area is 119 Å². The smallest absolute Gasteiger partial charge is 0.323 e. The van der Waals surface area contributed by atoms with E-state index < -0.39 is 10.1 Å². The van der Waals surface area contributed by atoms with E-state index in [0.717, 1.165) is 5.56 Å². The first-order valence-electron chi connectivity index (χ1n) is 6.34. The molecular weight excluding hydrogens is 284 g/mol. The molecule has 0 spiro atoms. The molecule has 0 fully saturated rings. The maximum Gasteiger partial charge on any atom is 0.323 e. The largest absolute Gasteiger partial charge is 0.379 e. The van der Waals surface area contributed by atoms with Crippen molar-refractivity contribution in [2.75, 3.05) is 33.0 Å². The summed E-state index contributed by atoms with van der Waals surface area (Å²) in [4.78, 5) is 4.69. The normalized spacial score (nSPS) is 11.7. The highest BCUT2D eigenvalue weighted by molar-refractivity contribution is 7.86. The SMILES string of the molecule is CCOCCOCCOOS(=O)(=O)c1ccc(C)cc1. The third-order valence-electron chi connectivity index (χ3n) is 2.33. The summed E-state index contributed by atoms with van der Waals surface area (Å²) in [5.74, 6) is 0. The number of hydrogen-bond acceptors (Lipinski definition) is 6. The fourth-order valence-corrected chi connectivity index (χ4v) is 2.04. The minimum Gasteiger partial charge on any atom is -0.379 e. The Morgan fingerprint density at radius 1 is 0.950 bits per heavy atom. The third-order valence-corrected chi connectivity index (χ3v) is 3.46. The predicted octanol–water partition coefficient (Wildman–Crippen LogP) is 1.69. The van der Waals surface area contributed by atoms with E-state index in [1.54, 1.807) is 12.1 Å². The van der Waals surface area contributed by atoms with Gasteiger partial charge in [-0.25, -0.2) is 4.89 Å². The van der Waals surface area contributed by atoms with Gasteiger partial charge in [-0.05, 0) is 26.0 Å². The second-order valence-electron chi connectivity index (χ2n) is 3.97. The molecular formula is C13H20O6S. The molecule has 0 amide bonds. The van der Waals surface area contributed by atoms with E-state index in [0.29, 0.717) is 19.8 Å². The molecule has 0 radical (unpaired) electrons. The minimum atomic E-state index is -3.88. The Kier molecular flexibility index (Phi) is 7.71. The molecule has 0 heterocycles. The summed E-state index contributed by atoms with van der Waals surface area (Å²) in [6.45, 7) is 5.59. The average molecular weight is 304 g/mol. The van der Waals surface area contributed by atoms with E-state index in [-0.39, 0.29) is 18.1 Å². The first-order chi connectivity index (χ1) is 9.56. The van der Waals surface area contributed by atoms with E-state index >= 15 is 0 Å². The van der Waals surface area contributed by atoms with Crippen molar-refractivity contribution in [1.29, 1.82) is 0 Å². The van der Waals surface area contributed by atoms with Gasteiger partial charge in [0.05, 0.1) is 24.7 Å². The monoisotopic (exact) mass is 304 g/mol. The lowest BCUT2D eigenvalue weighted by atomic mass is 10.2. The van der Waals surface area contributed by atoms with E-state index in [4.69, 9.17) is 9.47 Å². The van der Waals surface area contributed by atoms with Crippen molar-refractivity contribution < 1.29 is 27.1 Å². The second kappa shape index (κ2) is 9.04. The van der Waals surface area contributed by atoms with E-state index in [1.165, 1.54) is 12.1 Å². The summed E-state index contributed by atoms with van der Waals surface area (Å²) in [6.07, 6.45) is 0. The fraction of sp³-hybridized carbons (Fsp3) is 0.538. The zero-order valence-electron chi connectivity index (χ0n) is 11.7. The van der Waals surface area contributed by atoms with Crippen molar-refractivity contribution in [2.24, 2.45) is 0 Å². The fourth-order valence-electron chi connectivity index (χ4n) is 1.30. The van der Waals surface area contributed by atoms with Crippen LogP contribution in [0.5, 0.6) is 0 Å². The van der Waals surface area contributed by atoms with Crippen LogP contribution in [0.25, 0.3) is 0 Å². The number of benzene rings is 1. The number of ether oxygens (including phenoxy) is 2. The van der Waals surface area contributed by atoms with Gasteiger partial charge in [0, 0.05) is 6.61 Å². The lowest BCUT2D eigenvalue weighted by Crippen LogP contribution is -2.12. The molecule has 0 aromatic heterocycles. The van der Waals surface area contributed by atoms with Gasteiger partial charge in [-0.3, -0.25) is 0 Å². The molecule has 1 rings (SSSR count). The van der Waals surface area contributed by atoms with Gasteiger partial charge in [-0.1, -0.05) is 17.7 Å². The second-order valence-corrected chi connectivity index (χ2v) is 5.48. The Bertz CT molecular complexity index is 468. The standard InChI is InChI=1S/C13H20O6S/c1-3-16-8-9-17-10-11-18-19-20(14,15)13-6-4-12(2)5-7-13/h4-7H,3,8-11H2,1-2H3. The van der Waals surface area contributed by atoms with Crippen LogP contribution >= 0.6 is 0 Å². The summed E-state index contributed by atoms with van der Waals surface area (Å²) >= 11 is 0. The molecule has 0 aliphatic rings. The van der Waals surface area contributed by atoms with E-state index in [2.05, 4.69) is 9.22 Å². The van der Waals surface area contributed by atoms with Gasteiger partial charge >= 0.3 is 10.1 Å². The van der Waals surface area contributed by atoms with Crippen LogP contribution in [-0.4, -0.2) is 41.5 Å². The molecule has 1 aromatic rings. The number of aryl methyl sites for hydroxylation is 1. The minimum absolute atomic E-state index is 0.0250. The Balaban J connectivity index is 2.22. The van der Waals surface area contributed by atoms with Crippen molar-refractivity contribution in [3.05, 3.63) is 29.8 Å². The van der Waals surface area contributed by atoms with Crippen LogP contribution in [0.4, 0.5) is 0 Å². The van der Waals surface area contributed by atoms with Gasteiger partial charge in [0.25, 0.3) is 0 Å². The Hall–Kier alpha value is -0.990. The van der Waals surface area contributed by atoms with Gasteiger partial charge in [-0.15, -0.1) is 4.33 Å². The Morgan fingerprint density at radius 3 is 2.20 bits per heavy atom. The maximum atomic E-state index is 11.7. The van der Waals surface area contributed by atoms with Crippen LogP contribution in [0.2, 0.25) is 0 Å². The van der Waals surface area contributed by atoms with Gasteiger partial charge in [-0.2, -0.15) is 8.42 Å². The lowest BCUT2D eigenvalue weighted by molar-refractivity contribution is -0.210. The summed E-state index contributed by atoms with van der Waals surface area (Å²) in [6, 6.07) is 6.30. The van der Waals surface area contributed by atoms with Crippen molar-refractivity contribution in [3.63, 3.8) is 0 Å². The maximum absolute atomic E-state index is 11.7. The molecule has 0 atom stereocenters. The molecule has 114 valence electrons. The van der Waals surface area contributed by atoms with Crippen LogP contribution in [0.3, 0.4) is 0 Å². The molecule has 0 saturated carbocycles. The van der Waals surface area contributed by atoms with Gasteiger partial charge in [0.1, 0.15) is 6.61 Å². The highest BCUT2D eigenvalue weighted by Gasteiger charge is 2.15. The molecule has 0 aliphatic carbocycles. The summed E-state index contributed by atoms with van der Waals surface area (Å²) in [5.41, 5.74) is 0.965. The highest BCUT2D eigenvalue weighted by Crippen LogP contribution is 2.13. The quantitative estimate of drug-likeness (QED) is 0.372. The van der Waals surface area contributed by atoms with Crippen molar-refractivity contribution >= 4 is 10.1 Å². The zero-order chi connectivity index (χ0) is 14.8. The number of hydrogen-bond donors (Lipinski definition) is 0. The van der Waals surface area contributed by atoms with Crippen LogP contribution in [0, 0.1) is 6.92 Å². The van der Waals surface area contributed by atoms with Crippen LogP contribution in [0.15, 0.2) is 29.2 Å². The van der Waals surface area contributed by atoms with Crippen molar-refractivity contribution in [1.82, 2.24) is 0 Å². The van der Waals surface area contributed by atoms with Crippen molar-refractivity contribution in [2.45, 2.75) is 18.7 Å². The molecule has 6 nitrogen and oxygen atoms in total. The van der Waals surface area contributed by atoms with Gasteiger partial charge in [0.2, 0.25) is 0 Å². The van der Waals surface area contributed by atoms with Crippen LogP contribution in [0.1, 0.15) is 12.5 Å². The first kappa shape index (κ1) is 17.1. The molecule has 20 heavy (non-hydrogen) atoms. The summed E-state index contributed by atoms with van der Waals surface area (Å²) in [5, 5.41) is 0. The van der Waals surface area contributed by atoms with Gasteiger partial charge < -0.3 is 9.47 Å².